The van der Waals surface area contributed by atoms with E-state index >= 15 is 0 Å². The largest absolute Gasteiger partial charge is 0.416 e. The van der Waals surface area contributed by atoms with Crippen molar-refractivity contribution in [1.82, 2.24) is 10.2 Å². The van der Waals surface area contributed by atoms with Crippen LogP contribution in [0.2, 0.25) is 0 Å². The van der Waals surface area contributed by atoms with E-state index in [1.54, 1.807) is 30.3 Å². The molecule has 1 unspecified atom stereocenters. The predicted molar refractivity (Wildman–Crippen MR) is 84.3 cm³/mol. The minimum atomic E-state index is -4.56. The minimum absolute atomic E-state index is 0.129. The molecule has 1 saturated heterocycles. The summed E-state index contributed by atoms with van der Waals surface area (Å²) >= 11 is 0. The van der Waals surface area contributed by atoms with Crippen LogP contribution >= 0.6 is 0 Å². The summed E-state index contributed by atoms with van der Waals surface area (Å²) in [6.45, 7) is 1.10. The highest BCUT2D eigenvalue weighted by atomic mass is 19.4. The van der Waals surface area contributed by atoms with Crippen molar-refractivity contribution < 1.29 is 22.8 Å². The van der Waals surface area contributed by atoms with E-state index in [2.05, 4.69) is 5.32 Å². The van der Waals surface area contributed by atoms with Crippen LogP contribution in [0.5, 0.6) is 0 Å². The summed E-state index contributed by atoms with van der Waals surface area (Å²) < 4.78 is 39.4. The number of hydrogen-bond acceptors (Lipinski definition) is 2. The first-order valence-corrected chi connectivity index (χ1v) is 7.58. The average Bonchev–Trinajstić information content (AvgIpc) is 2.79. The second kappa shape index (κ2) is 5.91. The van der Waals surface area contributed by atoms with E-state index in [0.717, 1.165) is 11.0 Å². The number of benzene rings is 2. The van der Waals surface area contributed by atoms with Crippen molar-refractivity contribution in [3.8, 4) is 0 Å². The van der Waals surface area contributed by atoms with E-state index in [-0.39, 0.29) is 5.56 Å². The maximum absolute atomic E-state index is 13.1. The molecule has 2 aromatic carbocycles. The number of nitrogens with zero attached hydrogens (tertiary/aromatic N) is 1. The van der Waals surface area contributed by atoms with Gasteiger partial charge in [0.2, 0.25) is 0 Å². The van der Waals surface area contributed by atoms with Gasteiger partial charge in [0.05, 0.1) is 12.1 Å². The molecule has 1 aliphatic heterocycles. The summed E-state index contributed by atoms with van der Waals surface area (Å²) in [5.74, 6) is -0.583. The van der Waals surface area contributed by atoms with Crippen molar-refractivity contribution in [2.24, 2.45) is 0 Å². The van der Waals surface area contributed by atoms with Crippen LogP contribution in [0.3, 0.4) is 0 Å². The molecule has 0 radical (unpaired) electrons. The van der Waals surface area contributed by atoms with Crippen molar-refractivity contribution in [3.63, 3.8) is 0 Å². The fourth-order valence-corrected chi connectivity index (χ4v) is 2.91. The molecule has 7 heteroatoms. The number of halogens is 3. The maximum Gasteiger partial charge on any atom is 0.416 e. The molecule has 25 heavy (non-hydrogen) atoms. The SMILES string of the molecule is CC1(c2ccccc2)NC(=O)N(Cc2ccccc2C(F)(F)F)C1=O. The molecular weight excluding hydrogens is 333 g/mol. The van der Waals surface area contributed by atoms with E-state index in [1.807, 2.05) is 0 Å². The molecule has 0 spiro atoms. The van der Waals surface area contributed by atoms with Crippen molar-refractivity contribution in [2.45, 2.75) is 25.2 Å². The number of imide groups is 1. The number of rotatable bonds is 3. The van der Waals surface area contributed by atoms with Gasteiger partial charge < -0.3 is 5.32 Å². The first kappa shape index (κ1) is 17.0. The number of urea groups is 1. The van der Waals surface area contributed by atoms with Gasteiger partial charge in [-0.3, -0.25) is 9.69 Å². The quantitative estimate of drug-likeness (QED) is 0.861. The van der Waals surface area contributed by atoms with Gasteiger partial charge in [-0.05, 0) is 24.1 Å². The third-order valence-corrected chi connectivity index (χ3v) is 4.28. The van der Waals surface area contributed by atoms with Gasteiger partial charge in [0.25, 0.3) is 5.91 Å². The highest BCUT2D eigenvalue weighted by Gasteiger charge is 2.49. The Morgan fingerprint density at radius 3 is 2.24 bits per heavy atom. The average molecular weight is 348 g/mol. The molecule has 3 rings (SSSR count). The Hall–Kier alpha value is -2.83. The topological polar surface area (TPSA) is 49.4 Å². The lowest BCUT2D eigenvalue weighted by Crippen LogP contribution is -2.40. The van der Waals surface area contributed by atoms with Crippen LogP contribution in [0, 0.1) is 0 Å². The lowest BCUT2D eigenvalue weighted by atomic mass is 9.92. The Kier molecular flexibility index (Phi) is 4.02. The maximum atomic E-state index is 13.1. The van der Waals surface area contributed by atoms with Crippen LogP contribution in [-0.4, -0.2) is 16.8 Å². The summed E-state index contributed by atoms with van der Waals surface area (Å²) in [6, 6.07) is 12.8. The minimum Gasteiger partial charge on any atom is -0.319 e. The van der Waals surface area contributed by atoms with Gasteiger partial charge in [-0.1, -0.05) is 48.5 Å². The summed E-state index contributed by atoms with van der Waals surface area (Å²) in [5, 5.41) is 2.58. The Morgan fingerprint density at radius 1 is 1.00 bits per heavy atom. The van der Waals surface area contributed by atoms with Gasteiger partial charge in [-0.2, -0.15) is 13.2 Å². The standard InChI is InChI=1S/C18H15F3N2O2/c1-17(13-8-3-2-4-9-13)15(24)23(16(25)22-17)11-12-7-5-6-10-14(12)18(19,20)21/h2-10H,11H2,1H3,(H,22,25). The fraction of sp³-hybridized carbons (Fsp3) is 0.222. The monoisotopic (exact) mass is 348 g/mol. The summed E-state index contributed by atoms with van der Waals surface area (Å²) in [6.07, 6.45) is -4.56. The molecule has 1 aliphatic rings. The number of alkyl halides is 3. The highest BCUT2D eigenvalue weighted by molar-refractivity contribution is 6.07. The Balaban J connectivity index is 1.93. The molecule has 0 bridgehead atoms. The number of nitrogens with one attached hydrogen (secondary N) is 1. The summed E-state index contributed by atoms with van der Waals surface area (Å²) in [4.78, 5) is 25.8. The Bertz CT molecular complexity index is 821. The molecule has 130 valence electrons. The van der Waals surface area contributed by atoms with Crippen LogP contribution in [0.25, 0.3) is 0 Å². The Labute approximate surface area is 142 Å². The van der Waals surface area contributed by atoms with Gasteiger partial charge in [-0.25, -0.2) is 4.79 Å². The number of amides is 3. The van der Waals surface area contributed by atoms with Crippen LogP contribution in [0.15, 0.2) is 54.6 Å². The first-order valence-electron chi connectivity index (χ1n) is 7.58. The third kappa shape index (κ3) is 2.97. The third-order valence-electron chi connectivity index (χ3n) is 4.28. The molecule has 0 saturated carbocycles. The van der Waals surface area contributed by atoms with E-state index in [0.29, 0.717) is 5.56 Å². The molecule has 0 aliphatic carbocycles. The van der Waals surface area contributed by atoms with Crippen LogP contribution in [-0.2, 0) is 23.1 Å². The van der Waals surface area contributed by atoms with Crippen molar-refractivity contribution >= 4 is 11.9 Å². The summed E-state index contributed by atoms with van der Waals surface area (Å²) in [5.41, 5.74) is -1.72. The molecule has 4 nitrogen and oxygen atoms in total. The molecule has 1 atom stereocenters. The smallest absolute Gasteiger partial charge is 0.319 e. The molecule has 3 amide bonds. The zero-order chi connectivity index (χ0) is 18.2. The highest BCUT2D eigenvalue weighted by Crippen LogP contribution is 2.34. The molecule has 1 heterocycles. The molecule has 1 N–H and O–H groups in total. The van der Waals surface area contributed by atoms with Crippen molar-refractivity contribution in [2.75, 3.05) is 0 Å². The van der Waals surface area contributed by atoms with Gasteiger partial charge in [0.15, 0.2) is 0 Å². The van der Waals surface area contributed by atoms with Crippen LogP contribution in [0.4, 0.5) is 18.0 Å². The lowest BCUT2D eigenvalue weighted by Gasteiger charge is -2.22. The first-order chi connectivity index (χ1) is 11.7. The second-order valence-corrected chi connectivity index (χ2v) is 5.97. The number of hydrogen-bond donors (Lipinski definition) is 1. The fourth-order valence-electron chi connectivity index (χ4n) is 2.91. The van der Waals surface area contributed by atoms with E-state index in [4.69, 9.17) is 0 Å². The van der Waals surface area contributed by atoms with Gasteiger partial charge in [0.1, 0.15) is 5.54 Å². The Morgan fingerprint density at radius 2 is 1.60 bits per heavy atom. The van der Waals surface area contributed by atoms with Crippen LogP contribution in [0.1, 0.15) is 23.6 Å². The number of carbonyl (C=O) groups excluding carboxylic acids is 2. The zero-order valence-electron chi connectivity index (χ0n) is 13.3. The van der Waals surface area contributed by atoms with Crippen molar-refractivity contribution in [1.29, 1.82) is 0 Å². The molecule has 1 fully saturated rings. The van der Waals surface area contributed by atoms with Crippen LogP contribution < -0.4 is 5.32 Å². The van der Waals surface area contributed by atoms with Crippen molar-refractivity contribution in [3.05, 3.63) is 71.3 Å². The normalized spacial score (nSPS) is 20.7. The number of carbonyl (C=O) groups is 2. The predicted octanol–water partition coefficient (Wildman–Crippen LogP) is 3.67. The van der Waals surface area contributed by atoms with Gasteiger partial charge >= 0.3 is 12.2 Å². The lowest BCUT2D eigenvalue weighted by molar-refractivity contribution is -0.139. The summed E-state index contributed by atoms with van der Waals surface area (Å²) in [7, 11) is 0. The second-order valence-electron chi connectivity index (χ2n) is 5.97. The zero-order valence-corrected chi connectivity index (χ0v) is 13.3. The van der Waals surface area contributed by atoms with Gasteiger partial charge in [-0.15, -0.1) is 0 Å². The molecule has 2 aromatic rings. The van der Waals surface area contributed by atoms with Gasteiger partial charge in [0, 0.05) is 0 Å². The van der Waals surface area contributed by atoms with E-state index < -0.39 is 35.8 Å². The van der Waals surface area contributed by atoms with E-state index in [9.17, 15) is 22.8 Å². The molecular formula is C18H15F3N2O2. The van der Waals surface area contributed by atoms with E-state index in [1.165, 1.54) is 25.1 Å². The molecule has 0 aromatic heterocycles.